The zero-order chi connectivity index (χ0) is 16.9. The Kier molecular flexibility index (Phi) is 8.23. The SMILES string of the molecule is COc1ccc(NC(N)=NCC2CCN(S(C)(=O)=O)CC2)cc1.I. The average Bonchev–Trinajstić information content (AvgIpc) is 2.53. The normalized spacial score (nSPS) is 17.2. The van der Waals surface area contributed by atoms with E-state index >= 15 is 0 Å². The van der Waals surface area contributed by atoms with Crippen LogP contribution < -0.4 is 15.8 Å². The van der Waals surface area contributed by atoms with Crippen molar-refractivity contribution in [3.05, 3.63) is 24.3 Å². The van der Waals surface area contributed by atoms with Crippen LogP contribution in [0.4, 0.5) is 5.69 Å². The standard InChI is InChI=1S/C15H24N4O3S.HI/c1-22-14-5-3-13(4-6-14)18-15(16)17-11-12-7-9-19(10-8-12)23(2,20)21;/h3-6,12H,7-11H2,1-2H3,(H3,16,17,18);1H. The topological polar surface area (TPSA) is 97.0 Å². The van der Waals surface area contributed by atoms with Gasteiger partial charge < -0.3 is 15.8 Å². The number of nitrogens with zero attached hydrogens (tertiary/aromatic N) is 2. The maximum absolute atomic E-state index is 11.5. The summed E-state index contributed by atoms with van der Waals surface area (Å²) in [5.74, 6) is 1.51. The number of piperidine rings is 1. The van der Waals surface area contributed by atoms with Crippen molar-refractivity contribution in [1.29, 1.82) is 0 Å². The van der Waals surface area contributed by atoms with E-state index in [0.29, 0.717) is 31.5 Å². The van der Waals surface area contributed by atoms with E-state index < -0.39 is 10.0 Å². The molecule has 0 atom stereocenters. The number of aliphatic imine (C=N–C) groups is 1. The van der Waals surface area contributed by atoms with Crippen LogP contribution in [0.25, 0.3) is 0 Å². The highest BCUT2D eigenvalue weighted by Crippen LogP contribution is 2.19. The molecule has 7 nitrogen and oxygen atoms in total. The molecule has 1 aliphatic heterocycles. The minimum absolute atomic E-state index is 0. The average molecular weight is 468 g/mol. The van der Waals surface area contributed by atoms with Gasteiger partial charge in [0.2, 0.25) is 10.0 Å². The Morgan fingerprint density at radius 2 is 1.92 bits per heavy atom. The Balaban J connectivity index is 0.00000288. The smallest absolute Gasteiger partial charge is 0.211 e. The molecule has 1 aromatic rings. The highest BCUT2D eigenvalue weighted by atomic mass is 127. The van der Waals surface area contributed by atoms with Gasteiger partial charge in [0.15, 0.2) is 5.96 Å². The summed E-state index contributed by atoms with van der Waals surface area (Å²) in [5, 5.41) is 3.03. The van der Waals surface area contributed by atoms with Crippen LogP contribution in [0.3, 0.4) is 0 Å². The summed E-state index contributed by atoms with van der Waals surface area (Å²) in [7, 11) is -1.46. The van der Waals surface area contributed by atoms with E-state index in [4.69, 9.17) is 10.5 Å². The molecule has 0 saturated carbocycles. The number of benzene rings is 1. The summed E-state index contributed by atoms with van der Waals surface area (Å²) in [4.78, 5) is 4.36. The molecule has 1 fully saturated rings. The number of anilines is 1. The number of hydrogen-bond donors (Lipinski definition) is 2. The number of nitrogens with one attached hydrogen (secondary N) is 1. The fourth-order valence-electron chi connectivity index (χ4n) is 2.51. The van der Waals surface area contributed by atoms with E-state index in [0.717, 1.165) is 24.3 Å². The van der Waals surface area contributed by atoms with Gasteiger partial charge in [0.25, 0.3) is 0 Å². The molecular weight excluding hydrogens is 443 g/mol. The Morgan fingerprint density at radius 3 is 2.42 bits per heavy atom. The van der Waals surface area contributed by atoms with Crippen molar-refractivity contribution in [2.75, 3.05) is 38.3 Å². The lowest BCUT2D eigenvalue weighted by atomic mass is 9.98. The lowest BCUT2D eigenvalue weighted by Crippen LogP contribution is -2.38. The molecule has 0 bridgehead atoms. The van der Waals surface area contributed by atoms with Gasteiger partial charge in [0, 0.05) is 25.3 Å². The monoisotopic (exact) mass is 468 g/mol. The summed E-state index contributed by atoms with van der Waals surface area (Å²) in [6, 6.07) is 7.42. The third kappa shape index (κ3) is 6.44. The lowest BCUT2D eigenvalue weighted by molar-refractivity contribution is 0.280. The van der Waals surface area contributed by atoms with Crippen molar-refractivity contribution < 1.29 is 13.2 Å². The first-order valence-corrected chi connectivity index (χ1v) is 9.39. The molecule has 24 heavy (non-hydrogen) atoms. The predicted octanol–water partition coefficient (Wildman–Crippen LogP) is 1.71. The largest absolute Gasteiger partial charge is 0.497 e. The predicted molar refractivity (Wildman–Crippen MR) is 108 cm³/mol. The maximum Gasteiger partial charge on any atom is 0.211 e. The van der Waals surface area contributed by atoms with E-state index in [1.54, 1.807) is 7.11 Å². The summed E-state index contributed by atoms with van der Waals surface area (Å²) >= 11 is 0. The molecule has 0 spiro atoms. The maximum atomic E-state index is 11.5. The van der Waals surface area contributed by atoms with E-state index in [1.165, 1.54) is 10.6 Å². The van der Waals surface area contributed by atoms with E-state index in [9.17, 15) is 8.42 Å². The molecule has 9 heteroatoms. The molecule has 1 aromatic carbocycles. The van der Waals surface area contributed by atoms with E-state index in [-0.39, 0.29) is 24.0 Å². The fourth-order valence-corrected chi connectivity index (χ4v) is 3.39. The van der Waals surface area contributed by atoms with Gasteiger partial charge in [-0.05, 0) is 43.0 Å². The van der Waals surface area contributed by atoms with Crippen molar-refractivity contribution >= 4 is 45.6 Å². The Hall–Kier alpha value is -1.07. The second-order valence-electron chi connectivity index (χ2n) is 5.68. The summed E-state index contributed by atoms with van der Waals surface area (Å²) in [6.07, 6.45) is 2.88. The highest BCUT2D eigenvalue weighted by molar-refractivity contribution is 14.0. The molecule has 0 aliphatic carbocycles. The molecule has 1 heterocycles. The zero-order valence-electron chi connectivity index (χ0n) is 13.9. The van der Waals surface area contributed by atoms with Crippen molar-refractivity contribution in [3.8, 4) is 5.75 Å². The first-order chi connectivity index (χ1) is 10.9. The van der Waals surface area contributed by atoms with Gasteiger partial charge in [-0.1, -0.05) is 0 Å². The third-order valence-electron chi connectivity index (χ3n) is 3.92. The number of rotatable bonds is 5. The summed E-state index contributed by atoms with van der Waals surface area (Å²) < 4.78 is 29.6. The van der Waals surface area contributed by atoms with Crippen molar-refractivity contribution in [2.24, 2.45) is 16.6 Å². The molecule has 1 saturated heterocycles. The Labute approximate surface area is 160 Å². The number of guanidine groups is 1. The zero-order valence-corrected chi connectivity index (χ0v) is 17.1. The quantitative estimate of drug-likeness (QED) is 0.390. The highest BCUT2D eigenvalue weighted by Gasteiger charge is 2.24. The molecule has 0 aromatic heterocycles. The van der Waals surface area contributed by atoms with Gasteiger partial charge in [-0.25, -0.2) is 12.7 Å². The molecular formula is C15H25IN4O3S. The summed E-state index contributed by atoms with van der Waals surface area (Å²) in [5.41, 5.74) is 6.74. The molecule has 0 unspecified atom stereocenters. The molecule has 136 valence electrons. The van der Waals surface area contributed by atoms with Gasteiger partial charge >= 0.3 is 0 Å². The molecule has 0 radical (unpaired) electrons. The molecule has 0 amide bonds. The van der Waals surface area contributed by atoms with Gasteiger partial charge in [0.1, 0.15) is 5.75 Å². The number of hydrogen-bond acceptors (Lipinski definition) is 4. The van der Waals surface area contributed by atoms with E-state index in [2.05, 4.69) is 10.3 Å². The molecule has 1 aliphatic rings. The Morgan fingerprint density at radius 1 is 1.33 bits per heavy atom. The lowest BCUT2D eigenvalue weighted by Gasteiger charge is -2.29. The van der Waals surface area contributed by atoms with Crippen molar-refractivity contribution in [2.45, 2.75) is 12.8 Å². The van der Waals surface area contributed by atoms with Crippen LogP contribution >= 0.6 is 24.0 Å². The number of nitrogens with two attached hydrogens (primary N) is 1. The Bertz CT molecular complexity index is 641. The van der Waals surface area contributed by atoms with Gasteiger partial charge in [-0.15, -0.1) is 24.0 Å². The fraction of sp³-hybridized carbons (Fsp3) is 0.533. The van der Waals surface area contributed by atoms with Gasteiger partial charge in [-0.2, -0.15) is 0 Å². The van der Waals surface area contributed by atoms with Crippen LogP contribution in [0.5, 0.6) is 5.75 Å². The minimum Gasteiger partial charge on any atom is -0.497 e. The second-order valence-corrected chi connectivity index (χ2v) is 7.67. The third-order valence-corrected chi connectivity index (χ3v) is 5.23. The van der Waals surface area contributed by atoms with Crippen LogP contribution in [-0.2, 0) is 10.0 Å². The second kappa shape index (κ2) is 9.42. The van der Waals surface area contributed by atoms with Crippen LogP contribution in [0.2, 0.25) is 0 Å². The molecule has 2 rings (SSSR count). The van der Waals surface area contributed by atoms with Crippen LogP contribution in [0.1, 0.15) is 12.8 Å². The van der Waals surface area contributed by atoms with Crippen LogP contribution in [0.15, 0.2) is 29.3 Å². The van der Waals surface area contributed by atoms with Crippen molar-refractivity contribution in [1.82, 2.24) is 4.31 Å². The molecule has 3 N–H and O–H groups in total. The number of sulfonamides is 1. The van der Waals surface area contributed by atoms with Crippen LogP contribution in [0, 0.1) is 5.92 Å². The summed E-state index contributed by atoms with van der Waals surface area (Å²) in [6.45, 7) is 1.72. The van der Waals surface area contributed by atoms with E-state index in [1.807, 2.05) is 24.3 Å². The first kappa shape index (κ1) is 21.0. The van der Waals surface area contributed by atoms with Gasteiger partial charge in [0.05, 0.1) is 13.4 Å². The van der Waals surface area contributed by atoms with Gasteiger partial charge in [-0.3, -0.25) is 4.99 Å². The number of halogens is 1. The first-order valence-electron chi connectivity index (χ1n) is 7.54. The minimum atomic E-state index is -3.08. The van der Waals surface area contributed by atoms with Crippen molar-refractivity contribution in [3.63, 3.8) is 0 Å². The number of ether oxygens (including phenoxy) is 1. The van der Waals surface area contributed by atoms with Crippen LogP contribution in [-0.4, -0.2) is 51.7 Å². The number of methoxy groups -OCH3 is 1.